The molecule has 1 aliphatic carbocycles. The van der Waals surface area contributed by atoms with E-state index in [1.165, 1.54) is 18.2 Å². The highest BCUT2D eigenvalue weighted by Crippen LogP contribution is 2.49. The van der Waals surface area contributed by atoms with Gasteiger partial charge in [-0.15, -0.1) is 0 Å². The van der Waals surface area contributed by atoms with Gasteiger partial charge in [-0.3, -0.25) is 4.79 Å². The molecule has 1 saturated heterocycles. The summed E-state index contributed by atoms with van der Waals surface area (Å²) in [7, 11) is 0. The van der Waals surface area contributed by atoms with E-state index in [-0.39, 0.29) is 17.7 Å². The molecule has 0 aromatic heterocycles. The molecule has 32 heavy (non-hydrogen) atoms. The van der Waals surface area contributed by atoms with Gasteiger partial charge in [-0.25, -0.2) is 0 Å². The largest absolute Gasteiger partial charge is 0.416 e. The Balaban J connectivity index is 1.36. The zero-order chi connectivity index (χ0) is 23.3. The molecule has 2 fully saturated rings. The molecule has 3 nitrogen and oxygen atoms in total. The summed E-state index contributed by atoms with van der Waals surface area (Å²) in [5.74, 6) is -0.391. The van der Waals surface area contributed by atoms with E-state index >= 15 is 0 Å². The summed E-state index contributed by atoms with van der Waals surface area (Å²) in [5, 5.41) is 0. The highest BCUT2D eigenvalue weighted by molar-refractivity contribution is 5.83. The van der Waals surface area contributed by atoms with Crippen LogP contribution in [-0.2, 0) is 17.1 Å². The van der Waals surface area contributed by atoms with Crippen molar-refractivity contribution >= 4 is 11.6 Å². The summed E-state index contributed by atoms with van der Waals surface area (Å²) in [6.07, 6.45) is -8.22. The molecule has 0 radical (unpaired) electrons. The lowest BCUT2D eigenvalue weighted by atomic mass is 10.1. The maximum atomic E-state index is 13.1. The van der Waals surface area contributed by atoms with Gasteiger partial charge in [0.05, 0.1) is 11.1 Å². The van der Waals surface area contributed by atoms with Crippen LogP contribution < -0.4 is 4.90 Å². The van der Waals surface area contributed by atoms with Crippen LogP contribution in [-0.4, -0.2) is 37.0 Å². The number of benzene rings is 2. The van der Waals surface area contributed by atoms with E-state index in [2.05, 4.69) is 0 Å². The van der Waals surface area contributed by atoms with E-state index in [1.54, 1.807) is 11.8 Å². The van der Waals surface area contributed by atoms with Crippen LogP contribution in [0.1, 0.15) is 34.6 Å². The third-order valence-corrected chi connectivity index (χ3v) is 6.24. The Bertz CT molecular complexity index is 991. The fourth-order valence-corrected chi connectivity index (χ4v) is 4.28. The van der Waals surface area contributed by atoms with Crippen LogP contribution >= 0.6 is 0 Å². The maximum absolute atomic E-state index is 13.1. The van der Waals surface area contributed by atoms with Gasteiger partial charge in [0.1, 0.15) is 0 Å². The number of piperazine rings is 1. The minimum atomic E-state index is -4.42. The second kappa shape index (κ2) is 8.01. The number of amides is 1. The molecule has 1 saturated carbocycles. The average molecular weight is 456 g/mol. The molecule has 0 bridgehead atoms. The number of anilines is 1. The van der Waals surface area contributed by atoms with Crippen LogP contribution in [0.3, 0.4) is 0 Å². The van der Waals surface area contributed by atoms with Crippen LogP contribution in [0.15, 0.2) is 42.5 Å². The molecular weight excluding hydrogens is 434 g/mol. The Hall–Kier alpha value is -2.71. The fraction of sp³-hybridized carbons (Fsp3) is 0.435. The second-order valence-corrected chi connectivity index (χ2v) is 8.38. The van der Waals surface area contributed by atoms with Crippen molar-refractivity contribution in [1.82, 2.24) is 4.90 Å². The normalized spacial score (nSPS) is 21.6. The summed E-state index contributed by atoms with van der Waals surface area (Å²) in [4.78, 5) is 16.4. The summed E-state index contributed by atoms with van der Waals surface area (Å²) in [5.41, 5.74) is 0.553. The molecule has 2 atom stereocenters. The minimum absolute atomic E-state index is 0.0460. The van der Waals surface area contributed by atoms with Crippen molar-refractivity contribution in [2.75, 3.05) is 31.1 Å². The molecule has 4 rings (SSSR count). The first-order chi connectivity index (χ1) is 14.9. The van der Waals surface area contributed by atoms with Crippen LogP contribution in [0.5, 0.6) is 0 Å². The van der Waals surface area contributed by atoms with Crippen LogP contribution in [0.25, 0.3) is 0 Å². The Morgan fingerprint density at radius 1 is 0.844 bits per heavy atom. The second-order valence-electron chi connectivity index (χ2n) is 8.38. The third kappa shape index (κ3) is 4.56. The predicted molar refractivity (Wildman–Crippen MR) is 107 cm³/mol. The minimum Gasteiger partial charge on any atom is -0.368 e. The molecule has 1 unspecified atom stereocenters. The molecular formula is C23H22F6N2O. The third-order valence-electron chi connectivity index (χ3n) is 6.24. The van der Waals surface area contributed by atoms with Crippen molar-refractivity contribution in [2.45, 2.75) is 31.6 Å². The summed E-state index contributed by atoms with van der Waals surface area (Å²) >= 11 is 0. The number of carbonyl (C=O) groups is 1. The maximum Gasteiger partial charge on any atom is 0.416 e. The molecule has 172 valence electrons. The molecule has 9 heteroatoms. The quantitative estimate of drug-likeness (QED) is 0.571. The van der Waals surface area contributed by atoms with Gasteiger partial charge in [-0.05, 0) is 54.7 Å². The highest BCUT2D eigenvalue weighted by atomic mass is 19.4. The first-order valence-corrected chi connectivity index (χ1v) is 10.3. The average Bonchev–Trinajstić information content (AvgIpc) is 3.53. The molecule has 2 aliphatic rings. The monoisotopic (exact) mass is 456 g/mol. The number of aryl methyl sites for hydroxylation is 1. The lowest BCUT2D eigenvalue weighted by Crippen LogP contribution is -2.49. The number of rotatable bonds is 3. The van der Waals surface area contributed by atoms with E-state index in [0.29, 0.717) is 38.3 Å². The van der Waals surface area contributed by atoms with Crippen molar-refractivity contribution in [1.29, 1.82) is 0 Å². The SMILES string of the molecule is Cc1ccc(C(F)(F)F)cc1N1CCN(C(=O)[C@H]2CC2c2ccc(C(F)(F)F)cc2)CC1. The molecule has 1 amide bonds. The van der Waals surface area contributed by atoms with Gasteiger partial charge in [0.25, 0.3) is 0 Å². The molecule has 1 heterocycles. The molecule has 0 spiro atoms. The van der Waals surface area contributed by atoms with E-state index in [1.807, 2.05) is 4.90 Å². The molecule has 2 aromatic rings. The number of alkyl halides is 6. The van der Waals surface area contributed by atoms with Gasteiger partial charge >= 0.3 is 12.4 Å². The first-order valence-electron chi connectivity index (χ1n) is 10.3. The van der Waals surface area contributed by atoms with Gasteiger partial charge in [-0.2, -0.15) is 26.3 Å². The van der Waals surface area contributed by atoms with Crippen LogP contribution in [0, 0.1) is 12.8 Å². The number of nitrogens with zero attached hydrogens (tertiary/aromatic N) is 2. The van der Waals surface area contributed by atoms with Gasteiger partial charge in [0.15, 0.2) is 0 Å². The zero-order valence-electron chi connectivity index (χ0n) is 17.3. The van der Waals surface area contributed by atoms with Crippen molar-refractivity contribution in [3.8, 4) is 0 Å². The van der Waals surface area contributed by atoms with Crippen molar-refractivity contribution in [3.05, 3.63) is 64.7 Å². The Kier molecular flexibility index (Phi) is 5.63. The van der Waals surface area contributed by atoms with Gasteiger partial charge < -0.3 is 9.80 Å². The van der Waals surface area contributed by atoms with E-state index < -0.39 is 23.5 Å². The lowest BCUT2D eigenvalue weighted by molar-refractivity contribution is -0.138. The zero-order valence-corrected chi connectivity index (χ0v) is 17.3. The highest BCUT2D eigenvalue weighted by Gasteiger charge is 2.46. The topological polar surface area (TPSA) is 23.6 Å². The van der Waals surface area contributed by atoms with Crippen molar-refractivity contribution in [2.24, 2.45) is 5.92 Å². The van der Waals surface area contributed by atoms with Gasteiger partial charge in [0.2, 0.25) is 5.91 Å². The van der Waals surface area contributed by atoms with Crippen molar-refractivity contribution in [3.63, 3.8) is 0 Å². The van der Waals surface area contributed by atoms with Gasteiger partial charge in [0, 0.05) is 37.8 Å². The van der Waals surface area contributed by atoms with Crippen LogP contribution in [0.4, 0.5) is 32.0 Å². The predicted octanol–water partition coefficient (Wildman–Crippen LogP) is 5.48. The Morgan fingerprint density at radius 3 is 1.97 bits per heavy atom. The summed E-state index contributed by atoms with van der Waals surface area (Å²) < 4.78 is 77.4. The van der Waals surface area contributed by atoms with E-state index in [4.69, 9.17) is 0 Å². The first kappa shape index (κ1) is 22.5. The standard InChI is InChI=1S/C23H22F6N2O/c1-14-2-5-17(23(27,28)29)12-20(14)30-8-10-31(11-9-30)21(32)19-13-18(19)15-3-6-16(7-4-15)22(24,25)26/h2-7,12,18-19H,8-11,13H2,1H3/t18?,19-/m0/s1. The number of hydrogen-bond donors (Lipinski definition) is 0. The Morgan fingerprint density at radius 2 is 1.41 bits per heavy atom. The summed E-state index contributed by atoms with van der Waals surface area (Å²) in [6.45, 7) is 3.39. The smallest absolute Gasteiger partial charge is 0.368 e. The number of halogens is 6. The van der Waals surface area contributed by atoms with Crippen LogP contribution in [0.2, 0.25) is 0 Å². The van der Waals surface area contributed by atoms with Crippen molar-refractivity contribution < 1.29 is 31.1 Å². The fourth-order valence-electron chi connectivity index (χ4n) is 4.28. The number of carbonyl (C=O) groups excluding carboxylic acids is 1. The number of hydrogen-bond acceptors (Lipinski definition) is 2. The lowest BCUT2D eigenvalue weighted by Gasteiger charge is -2.37. The molecule has 1 aliphatic heterocycles. The van der Waals surface area contributed by atoms with E-state index in [0.717, 1.165) is 35.4 Å². The summed E-state index contributed by atoms with van der Waals surface area (Å²) in [6, 6.07) is 8.58. The van der Waals surface area contributed by atoms with Gasteiger partial charge in [-0.1, -0.05) is 18.2 Å². The Labute approximate surface area is 181 Å². The van der Waals surface area contributed by atoms with E-state index in [9.17, 15) is 31.1 Å². The molecule has 2 aromatic carbocycles. The molecule has 0 N–H and O–H groups in total.